The summed E-state index contributed by atoms with van der Waals surface area (Å²) in [6.45, 7) is 25.4. The number of anilines is 2. The van der Waals surface area contributed by atoms with Gasteiger partial charge in [-0.3, -0.25) is 98.1 Å². The number of rotatable bonds is 7. The molecule has 11 aliphatic heterocycles. The smallest absolute Gasteiger partial charge is 0.269 e. The van der Waals surface area contributed by atoms with E-state index in [4.69, 9.17) is 0 Å². The molecular weight excluding hydrogens is 1500 g/mol. The number of carbonyl (C=O) groups excluding carboxylic acids is 14. The molecule has 36 heteroatoms. The van der Waals surface area contributed by atoms with E-state index < -0.39 is 103 Å². The van der Waals surface area contributed by atoms with Crippen LogP contribution in [0.2, 0.25) is 0 Å². The van der Waals surface area contributed by atoms with Crippen LogP contribution in [-0.4, -0.2) is 228 Å². The van der Waals surface area contributed by atoms with Gasteiger partial charge in [0.15, 0.2) is 0 Å². The fourth-order valence-electron chi connectivity index (χ4n) is 14.1. The van der Waals surface area contributed by atoms with Gasteiger partial charge >= 0.3 is 0 Å². The highest BCUT2D eigenvalue weighted by molar-refractivity contribution is 7.90. The first-order valence-corrected chi connectivity index (χ1v) is 40.4. The molecule has 7 fully saturated rings. The lowest BCUT2D eigenvalue weighted by atomic mass is 10.0. The maximum Gasteiger partial charge on any atom is 0.269 e. The van der Waals surface area contributed by atoms with Gasteiger partial charge in [0.25, 0.3) is 67.0 Å². The van der Waals surface area contributed by atoms with E-state index in [2.05, 4.69) is 78.0 Å². The largest absolute Gasteiger partial charge is 0.369 e. The van der Waals surface area contributed by atoms with Crippen molar-refractivity contribution in [2.24, 2.45) is 0 Å². The Morgan fingerprint density at radius 2 is 0.788 bits per heavy atom. The van der Waals surface area contributed by atoms with Gasteiger partial charge in [0.1, 0.15) is 40.0 Å². The number of aromatic nitrogens is 2. The van der Waals surface area contributed by atoms with Crippen molar-refractivity contribution in [2.75, 3.05) is 76.3 Å². The van der Waals surface area contributed by atoms with E-state index in [0.717, 1.165) is 84.4 Å². The number of nitrogens with one attached hydrogen (secondary N) is 5. The minimum atomic E-state index is -4.03. The molecule has 16 rings (SSSR count). The topological polar surface area (TPSA) is 428 Å². The highest BCUT2D eigenvalue weighted by atomic mass is 32.2. The summed E-state index contributed by atoms with van der Waals surface area (Å²) in [5.74, 6) is -6.51. The van der Waals surface area contributed by atoms with E-state index in [-0.39, 0.29) is 101 Å². The molecular formula is C77H93N15O19S2. The second-order valence-corrected chi connectivity index (χ2v) is 30.7. The third kappa shape index (κ3) is 18.4. The number of sulfonamides is 2. The van der Waals surface area contributed by atoms with Gasteiger partial charge in [-0.1, -0.05) is 72.4 Å². The van der Waals surface area contributed by atoms with Gasteiger partial charge in [0, 0.05) is 113 Å². The molecule has 4 aromatic carbocycles. The van der Waals surface area contributed by atoms with Gasteiger partial charge < -0.3 is 29.8 Å². The first-order valence-electron chi connectivity index (χ1n) is 37.5. The van der Waals surface area contributed by atoms with Crippen LogP contribution in [0.25, 0.3) is 0 Å². The first kappa shape index (κ1) is 85.5. The highest BCUT2D eigenvalue weighted by Gasteiger charge is 2.51. The lowest BCUT2D eigenvalue weighted by molar-refractivity contribution is -0.138. The molecule has 0 bridgehead atoms. The number of benzene rings is 4. The molecule has 5 unspecified atom stereocenters. The summed E-state index contributed by atoms with van der Waals surface area (Å²) in [5.41, 5.74) is 5.44. The second-order valence-electron chi connectivity index (χ2n) is 27.1. The lowest BCUT2D eigenvalue weighted by Crippen LogP contribution is -2.54. The molecule has 602 valence electrons. The van der Waals surface area contributed by atoms with E-state index in [1.165, 1.54) is 42.6 Å². The number of hydrogen-bond donors (Lipinski definition) is 5. The summed E-state index contributed by atoms with van der Waals surface area (Å²) in [7, 11) is -3.80. The average Bonchev–Trinajstić information content (AvgIpc) is 1.59. The van der Waals surface area contributed by atoms with E-state index in [1.54, 1.807) is 42.2 Å². The van der Waals surface area contributed by atoms with Crippen LogP contribution in [0, 0.1) is 6.92 Å². The van der Waals surface area contributed by atoms with E-state index >= 15 is 0 Å². The van der Waals surface area contributed by atoms with Gasteiger partial charge in [0.2, 0.25) is 41.4 Å². The van der Waals surface area contributed by atoms with Crippen molar-refractivity contribution in [1.29, 1.82) is 0 Å². The van der Waals surface area contributed by atoms with Crippen LogP contribution in [0.5, 0.6) is 0 Å². The van der Waals surface area contributed by atoms with Crippen molar-refractivity contribution in [2.45, 2.75) is 159 Å². The summed E-state index contributed by atoms with van der Waals surface area (Å²) < 4.78 is 52.0. The molecule has 1 aromatic heterocycles. The third-order valence-corrected chi connectivity index (χ3v) is 23.6. The molecule has 0 radical (unpaired) electrons. The molecule has 113 heavy (non-hydrogen) atoms. The maximum absolute atomic E-state index is 12.8. The van der Waals surface area contributed by atoms with Crippen LogP contribution < -0.4 is 41.9 Å². The van der Waals surface area contributed by atoms with Gasteiger partial charge in [-0.05, 0) is 131 Å². The van der Waals surface area contributed by atoms with Crippen LogP contribution in [0.1, 0.15) is 175 Å². The molecule has 14 amide bonds. The van der Waals surface area contributed by atoms with Crippen molar-refractivity contribution < 1.29 is 84.0 Å². The Morgan fingerprint density at radius 3 is 1.22 bits per heavy atom. The number of carbonyl (C=O) groups is 14. The van der Waals surface area contributed by atoms with Gasteiger partial charge in [-0.2, -0.15) is 5.10 Å². The fraction of sp³-hybridized carbons (Fsp3) is 0.429. The van der Waals surface area contributed by atoms with Crippen molar-refractivity contribution >= 4 is 114 Å². The number of nitrogens with zero attached hydrogens (tertiary/aromatic N) is 10. The Bertz CT molecular complexity index is 4830. The van der Waals surface area contributed by atoms with Crippen molar-refractivity contribution in [3.05, 3.63) is 159 Å². The number of imide groups is 5. The zero-order chi connectivity index (χ0) is 82.7. The van der Waals surface area contributed by atoms with Crippen molar-refractivity contribution in [3.8, 4) is 0 Å². The summed E-state index contributed by atoms with van der Waals surface area (Å²) >= 11 is 0. The Labute approximate surface area is 653 Å². The second kappa shape index (κ2) is 36.8. The van der Waals surface area contributed by atoms with Crippen LogP contribution in [0.15, 0.2) is 124 Å². The Morgan fingerprint density at radius 1 is 0.398 bits per heavy atom. The molecule has 5 atom stereocenters. The SMILES string of the molecule is C=C1CCC(N2C(=O)c3ccccc3S2(=O)=O)C(=O)N1.CC.CC.CC.CN1CCN(c2ccc3c(c2)C(=O)N(C2CCC(=O)NC2=O)C3=O)CC1.CN1CCN(c2ccc3c(c2)CN(C2CCC(=O)NC2=O)C3=O)CC1.Cc1cnn(C2CCC(=O)NC2=O)c(=O)c1.O=C1CCC(N2C(=O)c3ccccc3S2(=O)=O)C(=O)N1. The average molecular weight is 1600 g/mol. The molecule has 7 saturated heterocycles. The normalized spacial score (nSPS) is 22.7. The zero-order valence-electron chi connectivity index (χ0n) is 64.3. The van der Waals surface area contributed by atoms with Crippen LogP contribution in [0.3, 0.4) is 0 Å². The Kier molecular flexibility index (Phi) is 27.8. The number of amides is 14. The summed E-state index contributed by atoms with van der Waals surface area (Å²) in [6.07, 6.45) is 3.76. The Hall–Kier alpha value is -11.5. The quantitative estimate of drug-likeness (QED) is 0.146. The number of aryl methyl sites for hydroxylation is 1. The van der Waals surface area contributed by atoms with E-state index in [9.17, 15) is 88.8 Å². The minimum absolute atomic E-state index is 0.00360. The van der Waals surface area contributed by atoms with Crippen LogP contribution in [0.4, 0.5) is 11.4 Å². The van der Waals surface area contributed by atoms with E-state index in [0.29, 0.717) is 56.8 Å². The van der Waals surface area contributed by atoms with Gasteiger partial charge in [0.05, 0.1) is 28.5 Å². The molecule has 0 spiro atoms. The fourth-order valence-corrected chi connectivity index (χ4v) is 17.6. The summed E-state index contributed by atoms with van der Waals surface area (Å²) in [5, 5.41) is 15.2. The van der Waals surface area contributed by atoms with Gasteiger partial charge in [-0.15, -0.1) is 0 Å². The summed E-state index contributed by atoms with van der Waals surface area (Å²) in [4.78, 5) is 190. The Balaban J connectivity index is 0.000000161. The van der Waals surface area contributed by atoms with E-state index in [1.807, 2.05) is 59.7 Å². The number of likely N-dealkylation sites (N-methyl/N-ethyl adjacent to an activating group) is 2. The molecule has 5 aromatic rings. The lowest BCUT2D eigenvalue weighted by Gasteiger charge is -2.34. The van der Waals surface area contributed by atoms with Crippen molar-refractivity contribution in [3.63, 3.8) is 0 Å². The predicted molar refractivity (Wildman–Crippen MR) is 410 cm³/mol. The number of piperidine rings is 5. The number of fused-ring (bicyclic) bond motifs is 4. The molecule has 0 saturated carbocycles. The maximum atomic E-state index is 12.8. The third-order valence-electron chi connectivity index (χ3n) is 19.9. The van der Waals surface area contributed by atoms with Crippen LogP contribution >= 0.6 is 0 Å². The molecule has 12 heterocycles. The highest BCUT2D eigenvalue weighted by Crippen LogP contribution is 2.37. The summed E-state index contributed by atoms with van der Waals surface area (Å²) in [6, 6.07) is 20.1. The molecule has 11 aliphatic rings. The molecule has 5 N–H and O–H groups in total. The van der Waals surface area contributed by atoms with Crippen molar-refractivity contribution in [1.82, 2.24) is 64.6 Å². The predicted octanol–water partition coefficient (Wildman–Crippen LogP) is 2.91. The monoisotopic (exact) mass is 1600 g/mol. The minimum Gasteiger partial charge on any atom is -0.369 e. The zero-order valence-corrected chi connectivity index (χ0v) is 65.9. The molecule has 0 aliphatic carbocycles. The number of piperazine rings is 2. The van der Waals surface area contributed by atoms with Crippen LogP contribution in [-0.2, 0) is 69.7 Å². The number of allylic oxidation sites excluding steroid dienone is 1. The standard InChI is InChI=1S/C18H20N4O4.C18H22N4O3.C13H12N2O4S.C12H10N2O5S.C10H11N3O3.3C2H6/c1-20-6-8-21(9-7-20)11-2-3-12-13(10-11)18(26)22(17(12)25)14-4-5-15(23)19-16(14)24;1-20-6-8-21(9-7-20)13-2-3-14-12(10-13)11-22(18(14)25)15-4-5-16(23)19-17(15)24;1-8-6-7-10(12(16)14-8)15-13(17)9-4-2-3-5-11(9)20(15,18)19;15-10-6-5-8(11(16)13-10)14-12(17)7-3-1-2-4-9(7)20(14,18)19;1-6-4-9(15)13(11-5-6)7-2-3-8(14)12-10(7)16;3*1-2/h2-3,10,14H,4-9H2,1H3,(H,19,23,24);2-3,10,15H,4-9,11H2,1H3,(H,19,23,24);2-5,10H,1,6-7H2,(H,14,16);1-4,8H,5-6H2,(H,13,15,16);4-5,7H,2-3H2,1H3,(H,12,14,16);3*1-2H3. The van der Waals surface area contributed by atoms with Gasteiger partial charge in [-0.25, -0.2) is 30.1 Å². The first-order chi connectivity index (χ1) is 53.9. The number of hydrogen-bond acceptors (Lipinski definition) is 24. The molecule has 34 nitrogen and oxygen atoms in total.